The highest BCUT2D eigenvalue weighted by atomic mass is 15.2. The van der Waals surface area contributed by atoms with Crippen molar-refractivity contribution in [1.29, 1.82) is 0 Å². The molecule has 0 unspecified atom stereocenters. The number of nitrogens with zero attached hydrogens (tertiary/aromatic N) is 3. The molecule has 0 bridgehead atoms. The fourth-order valence-electron chi connectivity index (χ4n) is 7.30. The zero-order valence-electron chi connectivity index (χ0n) is 26.1. The number of para-hydroxylation sites is 3. The van der Waals surface area contributed by atoms with Crippen LogP contribution in [0.1, 0.15) is 11.1 Å². The highest BCUT2D eigenvalue weighted by molar-refractivity contribution is 6.30. The van der Waals surface area contributed by atoms with Gasteiger partial charge in [-0.2, -0.15) is 0 Å². The van der Waals surface area contributed by atoms with Gasteiger partial charge in [0.05, 0.1) is 27.8 Å². The van der Waals surface area contributed by atoms with E-state index < -0.39 is 0 Å². The highest BCUT2D eigenvalue weighted by Crippen LogP contribution is 2.42. The van der Waals surface area contributed by atoms with E-state index in [-0.39, 0.29) is 0 Å². The molecule has 2 aromatic heterocycles. The van der Waals surface area contributed by atoms with E-state index in [9.17, 15) is 0 Å². The van der Waals surface area contributed by atoms with Crippen LogP contribution in [0.3, 0.4) is 0 Å². The number of hydrogen-bond donors (Lipinski definition) is 1. The fraction of sp³-hybridized carbons (Fsp3) is 0.0465. The molecule has 0 radical (unpaired) electrons. The number of aromatic nitrogens is 2. The Morgan fingerprint density at radius 3 is 2.06 bits per heavy atom. The SMILES string of the molecule is CN/C(=N\c1ccccc1Cc1ccccc1)n1c2ccc3ccccc3c2c2ccc3c4ccccc4n(-c4ccccc4)c3c21. The second-order valence-corrected chi connectivity index (χ2v) is 12.0. The summed E-state index contributed by atoms with van der Waals surface area (Å²) in [5.74, 6) is 0.776. The maximum atomic E-state index is 5.42. The Balaban J connectivity index is 1.43. The highest BCUT2D eigenvalue weighted by Gasteiger charge is 2.23. The summed E-state index contributed by atoms with van der Waals surface area (Å²) in [6.45, 7) is 0. The summed E-state index contributed by atoms with van der Waals surface area (Å²) in [4.78, 5) is 5.42. The Labute approximate surface area is 272 Å². The second kappa shape index (κ2) is 11.0. The van der Waals surface area contributed by atoms with Crippen LogP contribution in [0.4, 0.5) is 5.69 Å². The molecule has 0 aliphatic carbocycles. The Morgan fingerprint density at radius 1 is 0.553 bits per heavy atom. The van der Waals surface area contributed by atoms with Crippen LogP contribution < -0.4 is 5.32 Å². The van der Waals surface area contributed by atoms with E-state index in [2.05, 4.69) is 172 Å². The van der Waals surface area contributed by atoms with Gasteiger partial charge in [0.1, 0.15) is 0 Å². The lowest BCUT2D eigenvalue weighted by molar-refractivity contribution is 1.05. The molecule has 0 spiro atoms. The van der Waals surface area contributed by atoms with Crippen LogP contribution in [0.15, 0.2) is 163 Å². The van der Waals surface area contributed by atoms with Gasteiger partial charge in [0.2, 0.25) is 5.96 Å². The van der Waals surface area contributed by atoms with Crippen LogP contribution in [0, 0.1) is 0 Å². The van der Waals surface area contributed by atoms with Gasteiger partial charge in [-0.1, -0.05) is 127 Å². The van der Waals surface area contributed by atoms with Gasteiger partial charge in [0.15, 0.2) is 0 Å². The van der Waals surface area contributed by atoms with Gasteiger partial charge in [-0.3, -0.25) is 4.57 Å². The maximum absolute atomic E-state index is 5.42. The van der Waals surface area contributed by atoms with Crippen molar-refractivity contribution in [3.05, 3.63) is 169 Å². The molecule has 7 aromatic carbocycles. The molecule has 9 aromatic rings. The van der Waals surface area contributed by atoms with E-state index in [4.69, 9.17) is 4.99 Å². The average Bonchev–Trinajstić information content (AvgIpc) is 3.65. The Hall–Kier alpha value is -6.13. The predicted molar refractivity (Wildman–Crippen MR) is 199 cm³/mol. The summed E-state index contributed by atoms with van der Waals surface area (Å²) in [7, 11) is 1.98. The molecule has 0 fully saturated rings. The molecule has 0 saturated carbocycles. The zero-order chi connectivity index (χ0) is 31.3. The minimum Gasteiger partial charge on any atom is -0.358 e. The summed E-state index contributed by atoms with van der Waals surface area (Å²) in [5.41, 5.74) is 9.11. The average molecular weight is 605 g/mol. The van der Waals surface area contributed by atoms with E-state index in [1.807, 2.05) is 7.05 Å². The maximum Gasteiger partial charge on any atom is 0.208 e. The van der Waals surface area contributed by atoms with Gasteiger partial charge in [-0.25, -0.2) is 4.99 Å². The van der Waals surface area contributed by atoms with Crippen molar-refractivity contribution >= 4 is 66.0 Å². The van der Waals surface area contributed by atoms with E-state index in [0.29, 0.717) is 0 Å². The number of benzene rings is 7. The summed E-state index contributed by atoms with van der Waals surface area (Å²) in [6.07, 6.45) is 0.807. The number of aliphatic imine (C=N–C) groups is 1. The summed E-state index contributed by atoms with van der Waals surface area (Å²) in [5, 5.41) is 10.9. The molecule has 0 aliphatic heterocycles. The van der Waals surface area contributed by atoms with Crippen molar-refractivity contribution in [2.75, 3.05) is 7.05 Å². The van der Waals surface area contributed by atoms with Gasteiger partial charge in [0, 0.05) is 34.3 Å². The van der Waals surface area contributed by atoms with Crippen molar-refractivity contribution in [3.63, 3.8) is 0 Å². The van der Waals surface area contributed by atoms with Crippen molar-refractivity contribution in [3.8, 4) is 5.69 Å². The molecule has 0 amide bonds. The van der Waals surface area contributed by atoms with E-state index >= 15 is 0 Å². The van der Waals surface area contributed by atoms with E-state index in [1.54, 1.807) is 0 Å². The third-order valence-corrected chi connectivity index (χ3v) is 9.36. The molecular weight excluding hydrogens is 573 g/mol. The van der Waals surface area contributed by atoms with E-state index in [1.165, 1.54) is 49.0 Å². The van der Waals surface area contributed by atoms with Gasteiger partial charge in [-0.05, 0) is 58.7 Å². The van der Waals surface area contributed by atoms with Crippen LogP contribution >= 0.6 is 0 Å². The first kappa shape index (κ1) is 27.2. The number of fused-ring (bicyclic) bond motifs is 9. The topological polar surface area (TPSA) is 34.2 Å². The van der Waals surface area contributed by atoms with Crippen LogP contribution in [0.5, 0.6) is 0 Å². The van der Waals surface area contributed by atoms with Crippen LogP contribution in [0.25, 0.3) is 60.1 Å². The standard InChI is InChI=1S/C43H32N4/c1-44-43(45-37-22-12-9-17-31(37)28-29-14-4-2-5-15-29)47-39-27-24-30-16-8-10-20-33(30)40(39)36-26-25-35-34-21-11-13-23-38(34)46(41(35)42(36)47)32-18-6-3-7-19-32/h2-27H,28H2,1H3,(H,44,45). The number of nitrogens with one attached hydrogen (secondary N) is 1. The normalized spacial score (nSPS) is 12.1. The van der Waals surface area contributed by atoms with Crippen LogP contribution in [0.2, 0.25) is 0 Å². The summed E-state index contributed by atoms with van der Waals surface area (Å²) < 4.78 is 4.76. The predicted octanol–water partition coefficient (Wildman–Crippen LogP) is 10.4. The molecule has 1 N–H and O–H groups in total. The van der Waals surface area contributed by atoms with Crippen molar-refractivity contribution < 1.29 is 0 Å². The first-order chi connectivity index (χ1) is 23.3. The lowest BCUT2D eigenvalue weighted by Crippen LogP contribution is -2.26. The van der Waals surface area contributed by atoms with Crippen LogP contribution in [-0.4, -0.2) is 22.1 Å². The largest absolute Gasteiger partial charge is 0.358 e. The fourth-order valence-corrected chi connectivity index (χ4v) is 7.30. The Morgan fingerprint density at radius 2 is 1.23 bits per heavy atom. The molecular formula is C43H32N4. The van der Waals surface area contributed by atoms with E-state index in [0.717, 1.165) is 40.3 Å². The van der Waals surface area contributed by atoms with Gasteiger partial charge < -0.3 is 9.88 Å². The minimum atomic E-state index is 0.776. The molecule has 4 heteroatoms. The lowest BCUT2D eigenvalue weighted by atomic mass is 10.0. The molecule has 47 heavy (non-hydrogen) atoms. The van der Waals surface area contributed by atoms with Crippen molar-refractivity contribution in [2.24, 2.45) is 4.99 Å². The third-order valence-electron chi connectivity index (χ3n) is 9.36. The number of rotatable bonds is 4. The lowest BCUT2D eigenvalue weighted by Gasteiger charge is -2.15. The molecule has 0 atom stereocenters. The first-order valence-corrected chi connectivity index (χ1v) is 16.1. The molecule has 9 rings (SSSR count). The zero-order valence-corrected chi connectivity index (χ0v) is 26.1. The van der Waals surface area contributed by atoms with Gasteiger partial charge in [-0.15, -0.1) is 0 Å². The smallest absolute Gasteiger partial charge is 0.208 e. The summed E-state index contributed by atoms with van der Waals surface area (Å²) >= 11 is 0. The molecule has 0 aliphatic rings. The quantitative estimate of drug-likeness (QED) is 0.157. The molecule has 2 heterocycles. The second-order valence-electron chi connectivity index (χ2n) is 12.0. The van der Waals surface area contributed by atoms with Crippen molar-refractivity contribution in [1.82, 2.24) is 14.5 Å². The van der Waals surface area contributed by atoms with Gasteiger partial charge >= 0.3 is 0 Å². The minimum absolute atomic E-state index is 0.776. The Kier molecular flexibility index (Phi) is 6.39. The third kappa shape index (κ3) is 4.33. The molecule has 224 valence electrons. The molecule has 0 saturated heterocycles. The molecule has 4 nitrogen and oxygen atoms in total. The van der Waals surface area contributed by atoms with Crippen LogP contribution in [-0.2, 0) is 6.42 Å². The van der Waals surface area contributed by atoms with Gasteiger partial charge in [0.25, 0.3) is 0 Å². The summed E-state index contributed by atoms with van der Waals surface area (Å²) in [6, 6.07) is 56.3. The Bertz CT molecular complexity index is 2630. The first-order valence-electron chi connectivity index (χ1n) is 16.1. The monoisotopic (exact) mass is 604 g/mol. The van der Waals surface area contributed by atoms with Crippen molar-refractivity contribution in [2.45, 2.75) is 6.42 Å². The number of hydrogen-bond acceptors (Lipinski definition) is 1.